The van der Waals surface area contributed by atoms with Crippen molar-refractivity contribution in [2.75, 3.05) is 11.9 Å². The van der Waals surface area contributed by atoms with Crippen LogP contribution in [0.1, 0.15) is 58.3 Å². The SMILES string of the molecule is CCCCCCCCCCNc1c(Cl)cc(F)cc1Br. The Labute approximate surface area is 135 Å². The number of hydrogen-bond acceptors (Lipinski definition) is 1. The summed E-state index contributed by atoms with van der Waals surface area (Å²) in [6, 6.07) is 2.77. The average Bonchev–Trinajstić information content (AvgIpc) is 2.39. The number of halogens is 3. The molecule has 0 amide bonds. The van der Waals surface area contributed by atoms with Gasteiger partial charge in [0.05, 0.1) is 10.7 Å². The van der Waals surface area contributed by atoms with Gasteiger partial charge in [0.25, 0.3) is 0 Å². The molecule has 1 N–H and O–H groups in total. The Bertz CT molecular complexity index is 375. The first kappa shape index (κ1) is 17.8. The zero-order valence-electron chi connectivity index (χ0n) is 12.2. The molecular weight excluding hydrogens is 341 g/mol. The second-order valence-electron chi connectivity index (χ2n) is 5.15. The van der Waals surface area contributed by atoms with Gasteiger partial charge in [-0.3, -0.25) is 0 Å². The zero-order valence-corrected chi connectivity index (χ0v) is 14.5. The van der Waals surface area contributed by atoms with Crippen molar-refractivity contribution >= 4 is 33.2 Å². The number of hydrogen-bond donors (Lipinski definition) is 1. The van der Waals surface area contributed by atoms with E-state index < -0.39 is 0 Å². The van der Waals surface area contributed by atoms with Gasteiger partial charge in [0.2, 0.25) is 0 Å². The Hall–Kier alpha value is -0.280. The molecule has 0 aliphatic carbocycles. The summed E-state index contributed by atoms with van der Waals surface area (Å²) >= 11 is 9.34. The number of nitrogens with one attached hydrogen (secondary N) is 1. The summed E-state index contributed by atoms with van der Waals surface area (Å²) in [5, 5.41) is 3.70. The molecule has 0 spiro atoms. The van der Waals surface area contributed by atoms with Gasteiger partial charge in [-0.2, -0.15) is 0 Å². The summed E-state index contributed by atoms with van der Waals surface area (Å²) in [4.78, 5) is 0. The van der Waals surface area contributed by atoms with Crippen LogP contribution in [0.25, 0.3) is 0 Å². The van der Waals surface area contributed by atoms with Crippen LogP contribution in [-0.4, -0.2) is 6.54 Å². The maximum atomic E-state index is 13.1. The van der Waals surface area contributed by atoms with Crippen LogP contribution < -0.4 is 5.32 Å². The molecule has 1 aromatic rings. The molecule has 0 unspecified atom stereocenters. The number of anilines is 1. The summed E-state index contributed by atoms with van der Waals surface area (Å²) in [6.07, 6.45) is 10.4. The van der Waals surface area contributed by atoms with Gasteiger partial charge >= 0.3 is 0 Å². The molecule has 0 heterocycles. The number of rotatable bonds is 10. The lowest BCUT2D eigenvalue weighted by atomic mass is 10.1. The maximum absolute atomic E-state index is 13.1. The van der Waals surface area contributed by atoms with Crippen molar-refractivity contribution < 1.29 is 4.39 Å². The molecule has 0 atom stereocenters. The molecule has 4 heteroatoms. The molecular formula is C16H24BrClFN. The van der Waals surface area contributed by atoms with Crippen LogP contribution in [0.3, 0.4) is 0 Å². The van der Waals surface area contributed by atoms with Crippen LogP contribution in [0, 0.1) is 5.82 Å². The summed E-state index contributed by atoms with van der Waals surface area (Å²) in [7, 11) is 0. The smallest absolute Gasteiger partial charge is 0.125 e. The van der Waals surface area contributed by atoms with Gasteiger partial charge in [0.1, 0.15) is 5.82 Å². The first-order valence-electron chi connectivity index (χ1n) is 7.53. The van der Waals surface area contributed by atoms with Gasteiger partial charge < -0.3 is 5.32 Å². The highest BCUT2D eigenvalue weighted by Crippen LogP contribution is 2.31. The zero-order chi connectivity index (χ0) is 14.8. The van der Waals surface area contributed by atoms with Crippen LogP contribution in [0.2, 0.25) is 5.02 Å². The molecule has 0 aromatic heterocycles. The predicted octanol–water partition coefficient (Wildman–Crippen LogP) is 6.79. The van der Waals surface area contributed by atoms with E-state index in [0.29, 0.717) is 9.50 Å². The van der Waals surface area contributed by atoms with Crippen molar-refractivity contribution in [3.05, 3.63) is 27.4 Å². The largest absolute Gasteiger partial charge is 0.383 e. The van der Waals surface area contributed by atoms with Gasteiger partial charge in [0.15, 0.2) is 0 Å². The molecule has 0 saturated carbocycles. The van der Waals surface area contributed by atoms with E-state index in [1.807, 2.05) is 0 Å². The summed E-state index contributed by atoms with van der Waals surface area (Å²) < 4.78 is 13.8. The Balaban J connectivity index is 2.13. The average molecular weight is 365 g/mol. The second-order valence-corrected chi connectivity index (χ2v) is 6.41. The van der Waals surface area contributed by atoms with Crippen LogP contribution >= 0.6 is 27.5 Å². The van der Waals surface area contributed by atoms with Crippen molar-refractivity contribution in [3.8, 4) is 0 Å². The molecule has 0 radical (unpaired) electrons. The normalized spacial score (nSPS) is 10.8. The maximum Gasteiger partial charge on any atom is 0.125 e. The van der Waals surface area contributed by atoms with Crippen molar-refractivity contribution in [1.82, 2.24) is 0 Å². The fourth-order valence-corrected chi connectivity index (χ4v) is 3.14. The van der Waals surface area contributed by atoms with E-state index >= 15 is 0 Å². The van der Waals surface area contributed by atoms with Crippen molar-refractivity contribution in [1.29, 1.82) is 0 Å². The molecule has 0 bridgehead atoms. The highest BCUT2D eigenvalue weighted by Gasteiger charge is 2.07. The highest BCUT2D eigenvalue weighted by molar-refractivity contribution is 9.10. The van der Waals surface area contributed by atoms with E-state index in [9.17, 15) is 4.39 Å². The Kier molecular flexibility index (Phi) is 9.28. The minimum atomic E-state index is -0.320. The molecule has 0 saturated heterocycles. The van der Waals surface area contributed by atoms with E-state index in [1.54, 1.807) is 0 Å². The van der Waals surface area contributed by atoms with Gasteiger partial charge in [-0.1, -0.05) is 63.5 Å². The summed E-state index contributed by atoms with van der Waals surface area (Å²) in [5.74, 6) is -0.320. The first-order chi connectivity index (χ1) is 9.65. The van der Waals surface area contributed by atoms with E-state index in [0.717, 1.165) is 18.7 Å². The standard InChI is InChI=1S/C16H24BrClFN/c1-2-3-4-5-6-7-8-9-10-20-16-14(17)11-13(19)12-15(16)18/h11-12,20H,2-10H2,1H3. The number of benzene rings is 1. The fraction of sp³-hybridized carbons (Fsp3) is 0.625. The van der Waals surface area contributed by atoms with Gasteiger partial charge in [0, 0.05) is 11.0 Å². The van der Waals surface area contributed by atoms with Crippen LogP contribution in [0.5, 0.6) is 0 Å². The second kappa shape index (κ2) is 10.4. The first-order valence-corrected chi connectivity index (χ1v) is 8.70. The Morgan fingerprint density at radius 3 is 2.25 bits per heavy atom. The minimum Gasteiger partial charge on any atom is -0.383 e. The third-order valence-corrected chi connectivity index (χ3v) is 4.26. The predicted molar refractivity (Wildman–Crippen MR) is 90.2 cm³/mol. The van der Waals surface area contributed by atoms with E-state index in [1.165, 1.54) is 57.1 Å². The van der Waals surface area contributed by atoms with Crippen LogP contribution in [0.15, 0.2) is 16.6 Å². The van der Waals surface area contributed by atoms with E-state index in [2.05, 4.69) is 28.2 Å². The lowest BCUT2D eigenvalue weighted by molar-refractivity contribution is 0.581. The molecule has 1 aromatic carbocycles. The molecule has 0 aliphatic rings. The molecule has 1 nitrogen and oxygen atoms in total. The Morgan fingerprint density at radius 1 is 1.05 bits per heavy atom. The molecule has 0 fully saturated rings. The monoisotopic (exact) mass is 363 g/mol. The molecule has 20 heavy (non-hydrogen) atoms. The number of unbranched alkanes of at least 4 members (excludes halogenated alkanes) is 7. The van der Waals surface area contributed by atoms with Gasteiger partial charge in [-0.05, 0) is 34.5 Å². The minimum absolute atomic E-state index is 0.320. The summed E-state index contributed by atoms with van der Waals surface area (Å²) in [5.41, 5.74) is 0.788. The van der Waals surface area contributed by atoms with Gasteiger partial charge in [-0.15, -0.1) is 0 Å². The van der Waals surface area contributed by atoms with Crippen molar-refractivity contribution in [2.24, 2.45) is 0 Å². The topological polar surface area (TPSA) is 12.0 Å². The third kappa shape index (κ3) is 6.94. The Morgan fingerprint density at radius 2 is 1.65 bits per heavy atom. The highest BCUT2D eigenvalue weighted by atomic mass is 79.9. The quantitative estimate of drug-likeness (QED) is 0.450. The lowest BCUT2D eigenvalue weighted by Gasteiger charge is -2.10. The lowest BCUT2D eigenvalue weighted by Crippen LogP contribution is -2.03. The summed E-state index contributed by atoms with van der Waals surface area (Å²) in [6.45, 7) is 3.11. The molecule has 1 rings (SSSR count). The van der Waals surface area contributed by atoms with Crippen LogP contribution in [0.4, 0.5) is 10.1 Å². The molecule has 114 valence electrons. The van der Waals surface area contributed by atoms with E-state index in [-0.39, 0.29) is 5.82 Å². The van der Waals surface area contributed by atoms with E-state index in [4.69, 9.17) is 11.6 Å². The van der Waals surface area contributed by atoms with Crippen LogP contribution in [-0.2, 0) is 0 Å². The van der Waals surface area contributed by atoms with Crippen molar-refractivity contribution in [2.45, 2.75) is 58.3 Å². The van der Waals surface area contributed by atoms with Gasteiger partial charge in [-0.25, -0.2) is 4.39 Å². The van der Waals surface area contributed by atoms with Crippen molar-refractivity contribution in [3.63, 3.8) is 0 Å². The fourth-order valence-electron chi connectivity index (χ4n) is 2.18. The molecule has 0 aliphatic heterocycles. The third-order valence-electron chi connectivity index (χ3n) is 3.34.